The van der Waals surface area contributed by atoms with Crippen LogP contribution in [0.2, 0.25) is 0 Å². The van der Waals surface area contributed by atoms with Gasteiger partial charge in [-0.15, -0.1) is 0 Å². The van der Waals surface area contributed by atoms with E-state index in [4.69, 9.17) is 4.74 Å². The Kier molecular flexibility index (Phi) is 9.17. The fraction of sp³-hybridized carbons (Fsp3) is 0.414. The Balaban J connectivity index is 1.38. The first-order chi connectivity index (χ1) is 19.9. The van der Waals surface area contributed by atoms with Gasteiger partial charge in [-0.1, -0.05) is 6.07 Å². The summed E-state index contributed by atoms with van der Waals surface area (Å²) >= 11 is 0. The number of nitrogens with zero attached hydrogens (tertiary/aromatic N) is 3. The molecule has 224 valence electrons. The largest absolute Gasteiger partial charge is 0.482 e. The van der Waals surface area contributed by atoms with Gasteiger partial charge in [0, 0.05) is 37.7 Å². The standard InChI is InChI=1S/C29H31F3N4O6/c1-15-5-6-20-22(11-15)35(3)27(33-20)29(40)36-9-7-17(8-10-36)28(39)34-21(13-24(38)41-4)23(37)14-42-26-16(2)18(30)12-19(31)25(26)32/h5-6,11-12,17,21H,7-10,13-14H2,1-4H3,(H,34,39)/t21-/m0/s1. The number of esters is 1. The van der Waals surface area contributed by atoms with Crippen molar-refractivity contribution in [2.24, 2.45) is 13.0 Å². The second-order valence-corrected chi connectivity index (χ2v) is 10.3. The number of Topliss-reactive ketones (excluding diaryl/α,β-unsaturated/α-hetero) is 1. The molecule has 0 radical (unpaired) electrons. The molecule has 4 rings (SSSR count). The predicted octanol–water partition coefficient (Wildman–Crippen LogP) is 3.16. The third-order valence-corrected chi connectivity index (χ3v) is 7.40. The Morgan fingerprint density at radius 1 is 1.07 bits per heavy atom. The van der Waals surface area contributed by atoms with Crippen LogP contribution >= 0.6 is 0 Å². The number of ether oxygens (including phenoxy) is 2. The van der Waals surface area contributed by atoms with Crippen molar-refractivity contribution in [3.05, 3.63) is 58.7 Å². The Morgan fingerprint density at radius 2 is 1.76 bits per heavy atom. The highest BCUT2D eigenvalue weighted by molar-refractivity contribution is 5.96. The zero-order valence-electron chi connectivity index (χ0n) is 23.6. The van der Waals surface area contributed by atoms with Crippen LogP contribution in [0, 0.1) is 37.2 Å². The molecule has 1 atom stereocenters. The average molecular weight is 589 g/mol. The van der Waals surface area contributed by atoms with Gasteiger partial charge >= 0.3 is 5.97 Å². The number of carbonyl (C=O) groups is 4. The Labute approximate surface area is 239 Å². The molecule has 0 unspecified atom stereocenters. The lowest BCUT2D eigenvalue weighted by molar-refractivity contribution is -0.143. The summed E-state index contributed by atoms with van der Waals surface area (Å²) in [6.07, 6.45) is 0.0550. The zero-order valence-corrected chi connectivity index (χ0v) is 23.6. The second kappa shape index (κ2) is 12.6. The Bertz CT molecular complexity index is 1520. The number of rotatable bonds is 9. The molecule has 0 aliphatic carbocycles. The van der Waals surface area contributed by atoms with Crippen molar-refractivity contribution >= 4 is 34.6 Å². The van der Waals surface area contributed by atoms with Crippen LogP contribution in [0.25, 0.3) is 11.0 Å². The molecule has 1 fully saturated rings. The highest BCUT2D eigenvalue weighted by atomic mass is 19.2. The number of fused-ring (bicyclic) bond motifs is 1. The van der Waals surface area contributed by atoms with Gasteiger partial charge in [0.25, 0.3) is 5.91 Å². The normalized spacial score (nSPS) is 14.5. The number of methoxy groups -OCH3 is 1. The van der Waals surface area contributed by atoms with Gasteiger partial charge in [-0.3, -0.25) is 19.2 Å². The van der Waals surface area contributed by atoms with E-state index >= 15 is 0 Å². The molecule has 0 saturated carbocycles. The highest BCUT2D eigenvalue weighted by Crippen LogP contribution is 2.27. The van der Waals surface area contributed by atoms with Crippen LogP contribution in [0.3, 0.4) is 0 Å². The third-order valence-electron chi connectivity index (χ3n) is 7.40. The van der Waals surface area contributed by atoms with Gasteiger partial charge < -0.3 is 24.3 Å². The summed E-state index contributed by atoms with van der Waals surface area (Å²) in [6, 6.07) is 4.68. The number of likely N-dealkylation sites (tertiary alicyclic amines) is 1. The number of halogens is 3. The molecule has 10 nitrogen and oxygen atoms in total. The molecule has 2 amide bonds. The van der Waals surface area contributed by atoms with Crippen LogP contribution in [0.5, 0.6) is 5.75 Å². The van der Waals surface area contributed by atoms with Gasteiger partial charge in [0.1, 0.15) is 18.5 Å². The number of aromatic nitrogens is 2. The maximum atomic E-state index is 14.1. The molecule has 1 aliphatic heterocycles. The van der Waals surface area contributed by atoms with Crippen molar-refractivity contribution in [2.75, 3.05) is 26.8 Å². The molecule has 1 aliphatic rings. The first-order valence-corrected chi connectivity index (χ1v) is 13.3. The third kappa shape index (κ3) is 6.39. The minimum absolute atomic E-state index is 0.265. The lowest BCUT2D eigenvalue weighted by Gasteiger charge is -2.31. The van der Waals surface area contributed by atoms with Gasteiger partial charge in [-0.25, -0.2) is 13.8 Å². The summed E-state index contributed by atoms with van der Waals surface area (Å²) in [5.74, 6) is -7.51. The van der Waals surface area contributed by atoms with Crippen LogP contribution in [-0.4, -0.2) is 70.9 Å². The Morgan fingerprint density at radius 3 is 2.43 bits per heavy atom. The molecule has 1 saturated heterocycles. The Hall–Kier alpha value is -4.42. The fourth-order valence-corrected chi connectivity index (χ4v) is 4.84. The molecule has 3 aromatic rings. The monoisotopic (exact) mass is 588 g/mol. The van der Waals surface area contributed by atoms with Crippen LogP contribution in [-0.2, 0) is 26.2 Å². The number of aryl methyl sites for hydroxylation is 2. The quantitative estimate of drug-likeness (QED) is 0.301. The number of ketones is 1. The van der Waals surface area contributed by atoms with E-state index in [0.717, 1.165) is 25.1 Å². The summed E-state index contributed by atoms with van der Waals surface area (Å²) < 4.78 is 53.0. The molecule has 0 bridgehead atoms. The molecule has 1 N–H and O–H groups in total. The topological polar surface area (TPSA) is 120 Å². The fourth-order valence-electron chi connectivity index (χ4n) is 4.84. The van der Waals surface area contributed by atoms with E-state index in [1.54, 1.807) is 16.5 Å². The van der Waals surface area contributed by atoms with Crippen molar-refractivity contribution in [1.29, 1.82) is 0 Å². The first-order valence-electron chi connectivity index (χ1n) is 13.3. The van der Waals surface area contributed by atoms with E-state index in [2.05, 4.69) is 15.0 Å². The lowest BCUT2D eigenvalue weighted by Crippen LogP contribution is -2.49. The van der Waals surface area contributed by atoms with Crippen LogP contribution in [0.15, 0.2) is 24.3 Å². The number of hydrogen-bond donors (Lipinski definition) is 1. The predicted molar refractivity (Wildman–Crippen MR) is 144 cm³/mol. The van der Waals surface area contributed by atoms with E-state index in [0.29, 0.717) is 24.4 Å². The maximum absolute atomic E-state index is 14.1. The highest BCUT2D eigenvalue weighted by Gasteiger charge is 2.33. The average Bonchev–Trinajstić information content (AvgIpc) is 3.30. The minimum atomic E-state index is -1.49. The molecule has 0 spiro atoms. The summed E-state index contributed by atoms with van der Waals surface area (Å²) in [5, 5.41) is 2.52. The summed E-state index contributed by atoms with van der Waals surface area (Å²) in [6.45, 7) is 2.77. The number of piperidine rings is 1. The van der Waals surface area contributed by atoms with Crippen LogP contribution in [0.4, 0.5) is 13.2 Å². The van der Waals surface area contributed by atoms with E-state index in [9.17, 15) is 32.3 Å². The SMILES string of the molecule is COC(=O)C[C@H](NC(=O)C1CCN(C(=O)c2nc3ccc(C)cc3n2C)CC1)C(=O)COc1c(C)c(F)cc(F)c1F. The van der Waals surface area contributed by atoms with Gasteiger partial charge in [0.15, 0.2) is 23.2 Å². The molecular weight excluding hydrogens is 557 g/mol. The van der Waals surface area contributed by atoms with Crippen LogP contribution in [0.1, 0.15) is 41.0 Å². The molecule has 1 aromatic heterocycles. The first kappa shape index (κ1) is 30.5. The van der Waals surface area contributed by atoms with Gasteiger partial charge in [0.05, 0.1) is 24.6 Å². The summed E-state index contributed by atoms with van der Waals surface area (Å²) in [5.41, 5.74) is 2.23. The number of hydrogen-bond acceptors (Lipinski definition) is 7. The van der Waals surface area contributed by atoms with E-state index in [1.807, 2.05) is 25.1 Å². The summed E-state index contributed by atoms with van der Waals surface area (Å²) in [7, 11) is 2.87. The zero-order chi connectivity index (χ0) is 30.7. The molecule has 42 heavy (non-hydrogen) atoms. The van der Waals surface area contributed by atoms with Crippen molar-refractivity contribution in [3.63, 3.8) is 0 Å². The van der Waals surface area contributed by atoms with Crippen molar-refractivity contribution in [3.8, 4) is 5.75 Å². The molecule has 13 heteroatoms. The van der Waals surface area contributed by atoms with E-state index < -0.39 is 65.8 Å². The van der Waals surface area contributed by atoms with Crippen LogP contribution < -0.4 is 10.1 Å². The molecule has 2 heterocycles. The minimum Gasteiger partial charge on any atom is -0.482 e. The number of imidazole rings is 1. The lowest BCUT2D eigenvalue weighted by atomic mass is 9.95. The van der Waals surface area contributed by atoms with Crippen molar-refractivity contribution < 1.29 is 41.8 Å². The smallest absolute Gasteiger partial charge is 0.308 e. The number of amides is 2. The summed E-state index contributed by atoms with van der Waals surface area (Å²) in [4.78, 5) is 57.2. The number of benzene rings is 2. The van der Waals surface area contributed by atoms with Crippen molar-refractivity contribution in [2.45, 2.75) is 39.2 Å². The molecule has 2 aromatic carbocycles. The van der Waals surface area contributed by atoms with E-state index in [-0.39, 0.29) is 30.4 Å². The van der Waals surface area contributed by atoms with Gasteiger partial charge in [-0.05, 0) is 44.4 Å². The second-order valence-electron chi connectivity index (χ2n) is 10.3. The molecular formula is C29H31F3N4O6. The van der Waals surface area contributed by atoms with Crippen molar-refractivity contribution in [1.82, 2.24) is 19.8 Å². The van der Waals surface area contributed by atoms with E-state index in [1.165, 1.54) is 0 Å². The number of carbonyl (C=O) groups excluding carboxylic acids is 4. The van der Waals surface area contributed by atoms with Gasteiger partial charge in [0.2, 0.25) is 11.7 Å². The van der Waals surface area contributed by atoms with Gasteiger partial charge in [-0.2, -0.15) is 4.39 Å². The number of nitrogens with one attached hydrogen (secondary N) is 1. The maximum Gasteiger partial charge on any atom is 0.308 e.